The van der Waals surface area contributed by atoms with Gasteiger partial charge in [-0.25, -0.2) is 9.97 Å². The maximum atomic E-state index is 13.1. The first-order valence-corrected chi connectivity index (χ1v) is 10.9. The highest BCUT2D eigenvalue weighted by Gasteiger charge is 2.35. The van der Waals surface area contributed by atoms with Crippen LogP contribution in [-0.2, 0) is 22.4 Å². The van der Waals surface area contributed by atoms with E-state index in [1.165, 1.54) is 0 Å². The van der Waals surface area contributed by atoms with Crippen molar-refractivity contribution < 1.29 is 9.59 Å². The Kier molecular flexibility index (Phi) is 5.13. The zero-order chi connectivity index (χ0) is 22.2. The summed E-state index contributed by atoms with van der Waals surface area (Å²) >= 11 is 0. The van der Waals surface area contributed by atoms with E-state index in [0.29, 0.717) is 13.1 Å². The summed E-state index contributed by atoms with van der Waals surface area (Å²) in [6.45, 7) is 5.05. The van der Waals surface area contributed by atoms with Crippen LogP contribution in [0.25, 0.3) is 11.3 Å². The van der Waals surface area contributed by atoms with Crippen LogP contribution in [0.15, 0.2) is 61.2 Å². The van der Waals surface area contributed by atoms with E-state index >= 15 is 0 Å². The fourth-order valence-electron chi connectivity index (χ4n) is 4.68. The van der Waals surface area contributed by atoms with E-state index in [0.717, 1.165) is 22.7 Å². The molecule has 164 valence electrons. The smallest absolute Gasteiger partial charge is 0.229 e. The number of aromatic nitrogens is 4. The van der Waals surface area contributed by atoms with Crippen LogP contribution in [0.5, 0.6) is 0 Å². The van der Waals surface area contributed by atoms with Gasteiger partial charge >= 0.3 is 0 Å². The Morgan fingerprint density at radius 1 is 0.812 bits per heavy atom. The first-order valence-electron chi connectivity index (χ1n) is 10.9. The summed E-state index contributed by atoms with van der Waals surface area (Å²) in [7, 11) is 0. The second-order valence-corrected chi connectivity index (χ2v) is 8.55. The number of hydrogen-bond acceptors (Lipinski definition) is 4. The summed E-state index contributed by atoms with van der Waals surface area (Å²) in [5.41, 5.74) is 3.18. The van der Waals surface area contributed by atoms with Crippen molar-refractivity contribution in [2.24, 2.45) is 0 Å². The van der Waals surface area contributed by atoms with Gasteiger partial charge in [-0.15, -0.1) is 0 Å². The van der Waals surface area contributed by atoms with E-state index in [4.69, 9.17) is 0 Å². The second-order valence-electron chi connectivity index (χ2n) is 8.55. The van der Waals surface area contributed by atoms with Crippen LogP contribution in [0.2, 0.25) is 0 Å². The summed E-state index contributed by atoms with van der Waals surface area (Å²) in [4.78, 5) is 38.9. The predicted octanol–water partition coefficient (Wildman–Crippen LogP) is 2.21. The molecule has 2 amide bonds. The molecular formula is C24H26N6O2. The van der Waals surface area contributed by atoms with E-state index in [-0.39, 0.29) is 36.7 Å². The lowest BCUT2D eigenvalue weighted by molar-refractivity contribution is -0.145. The number of rotatable bonds is 4. The minimum Gasteiger partial charge on any atom is -0.338 e. The number of hydrogen-bond donors (Lipinski definition) is 0. The van der Waals surface area contributed by atoms with E-state index < -0.39 is 0 Å². The van der Waals surface area contributed by atoms with Gasteiger partial charge in [0.25, 0.3) is 0 Å². The molecule has 5 rings (SSSR count). The maximum absolute atomic E-state index is 13.1. The van der Waals surface area contributed by atoms with E-state index in [1.807, 2.05) is 93.6 Å². The average molecular weight is 431 g/mol. The Balaban J connectivity index is 1.24. The van der Waals surface area contributed by atoms with Gasteiger partial charge in [-0.1, -0.05) is 12.1 Å². The molecule has 1 aliphatic heterocycles. The van der Waals surface area contributed by atoms with Crippen molar-refractivity contribution in [3.63, 3.8) is 0 Å². The standard InChI is InChI=1S/C24H26N6O2/c1-17-13-29(23(31)11-19-15-27-9-5-3-7-21(27)25-19)14-18(2)30(17)24(32)12-20-16-28-10-6-4-8-22(28)26-20/h3-10,15-18H,11-14H2,1-2H3/t17-,18+. The van der Waals surface area contributed by atoms with Gasteiger partial charge in [0, 0.05) is 50.0 Å². The Bertz CT molecular complexity index is 1210. The average Bonchev–Trinajstić information content (AvgIpc) is 3.35. The fourth-order valence-corrected chi connectivity index (χ4v) is 4.68. The van der Waals surface area contributed by atoms with Crippen molar-refractivity contribution in [1.82, 2.24) is 28.6 Å². The van der Waals surface area contributed by atoms with Gasteiger partial charge in [-0.2, -0.15) is 0 Å². The van der Waals surface area contributed by atoms with E-state index in [1.54, 1.807) is 0 Å². The number of carbonyl (C=O) groups excluding carboxylic acids is 2. The van der Waals surface area contributed by atoms with Crippen molar-refractivity contribution in [2.45, 2.75) is 38.8 Å². The minimum absolute atomic E-state index is 0.0413. The molecule has 0 saturated carbocycles. The van der Waals surface area contributed by atoms with Gasteiger partial charge in [-0.3, -0.25) is 9.59 Å². The summed E-state index contributed by atoms with van der Waals surface area (Å²) in [5, 5.41) is 0. The molecule has 0 bridgehead atoms. The topological polar surface area (TPSA) is 75.2 Å². The molecular weight excluding hydrogens is 404 g/mol. The van der Waals surface area contributed by atoms with Crippen molar-refractivity contribution >= 4 is 23.1 Å². The van der Waals surface area contributed by atoms with Gasteiger partial charge < -0.3 is 18.6 Å². The van der Waals surface area contributed by atoms with Crippen molar-refractivity contribution in [3.05, 3.63) is 72.6 Å². The third-order valence-corrected chi connectivity index (χ3v) is 6.05. The van der Waals surface area contributed by atoms with Crippen LogP contribution < -0.4 is 0 Å². The Labute approximate surface area is 186 Å². The molecule has 0 spiro atoms. The van der Waals surface area contributed by atoms with Crippen LogP contribution in [0.1, 0.15) is 25.2 Å². The SMILES string of the molecule is C[C@@H]1CN(C(=O)Cc2cn3ccccc3n2)C[C@H](C)N1C(=O)Cc1cn2ccccc2n1. The van der Waals surface area contributed by atoms with Gasteiger partial charge in [-0.05, 0) is 38.1 Å². The van der Waals surface area contributed by atoms with Crippen molar-refractivity contribution in [1.29, 1.82) is 0 Å². The normalized spacial score (nSPS) is 19.1. The summed E-state index contributed by atoms with van der Waals surface area (Å²) in [6, 6.07) is 11.5. The van der Waals surface area contributed by atoms with Gasteiger partial charge in [0.1, 0.15) is 11.3 Å². The quantitative estimate of drug-likeness (QED) is 0.498. The second kappa shape index (κ2) is 8.11. The van der Waals surface area contributed by atoms with Gasteiger partial charge in [0.05, 0.1) is 24.2 Å². The molecule has 5 heterocycles. The highest BCUT2D eigenvalue weighted by Crippen LogP contribution is 2.19. The van der Waals surface area contributed by atoms with E-state index in [2.05, 4.69) is 9.97 Å². The zero-order valence-electron chi connectivity index (χ0n) is 18.3. The van der Waals surface area contributed by atoms with Crippen LogP contribution in [-0.4, -0.2) is 65.6 Å². The number of pyridine rings is 2. The number of imidazole rings is 2. The molecule has 8 heteroatoms. The highest BCUT2D eigenvalue weighted by atomic mass is 16.2. The van der Waals surface area contributed by atoms with Crippen LogP contribution in [0.4, 0.5) is 0 Å². The monoisotopic (exact) mass is 430 g/mol. The lowest BCUT2D eigenvalue weighted by Crippen LogP contribution is -2.60. The molecule has 0 N–H and O–H groups in total. The summed E-state index contributed by atoms with van der Waals surface area (Å²) < 4.78 is 3.84. The van der Waals surface area contributed by atoms with Crippen LogP contribution in [0.3, 0.4) is 0 Å². The Morgan fingerprint density at radius 3 is 1.81 bits per heavy atom. The number of carbonyl (C=O) groups is 2. The number of nitrogens with zero attached hydrogens (tertiary/aromatic N) is 6. The van der Waals surface area contributed by atoms with Crippen LogP contribution in [0, 0.1) is 0 Å². The van der Waals surface area contributed by atoms with Gasteiger partial charge in [0.15, 0.2) is 0 Å². The molecule has 0 radical (unpaired) electrons. The fraction of sp³-hybridized carbons (Fsp3) is 0.333. The molecule has 1 aliphatic rings. The third-order valence-electron chi connectivity index (χ3n) is 6.05. The third kappa shape index (κ3) is 3.84. The molecule has 0 aromatic carbocycles. The minimum atomic E-state index is -0.0618. The summed E-state index contributed by atoms with van der Waals surface area (Å²) in [6.07, 6.45) is 8.16. The molecule has 0 aliphatic carbocycles. The first-order chi connectivity index (χ1) is 15.5. The maximum Gasteiger partial charge on any atom is 0.229 e. The van der Waals surface area contributed by atoms with E-state index in [9.17, 15) is 9.59 Å². The van der Waals surface area contributed by atoms with Crippen molar-refractivity contribution in [2.75, 3.05) is 13.1 Å². The zero-order valence-corrected chi connectivity index (χ0v) is 18.3. The summed E-state index contributed by atoms with van der Waals surface area (Å²) in [5.74, 6) is 0.0837. The molecule has 1 saturated heterocycles. The van der Waals surface area contributed by atoms with Gasteiger partial charge in [0.2, 0.25) is 11.8 Å². The molecule has 2 atom stereocenters. The van der Waals surface area contributed by atoms with Crippen molar-refractivity contribution in [3.8, 4) is 0 Å². The number of fused-ring (bicyclic) bond motifs is 2. The number of amides is 2. The Hall–Kier alpha value is -3.68. The molecule has 4 aromatic rings. The molecule has 1 fully saturated rings. The highest BCUT2D eigenvalue weighted by molar-refractivity contribution is 5.81. The molecule has 32 heavy (non-hydrogen) atoms. The first kappa shape index (κ1) is 20.2. The predicted molar refractivity (Wildman–Crippen MR) is 120 cm³/mol. The lowest BCUT2D eigenvalue weighted by atomic mass is 10.1. The number of piperazine rings is 1. The molecule has 4 aromatic heterocycles. The largest absolute Gasteiger partial charge is 0.338 e. The Morgan fingerprint density at radius 2 is 1.31 bits per heavy atom. The lowest BCUT2D eigenvalue weighted by Gasteiger charge is -2.44. The molecule has 8 nitrogen and oxygen atoms in total. The molecule has 0 unspecified atom stereocenters. The van der Waals surface area contributed by atoms with Crippen LogP contribution >= 0.6 is 0 Å².